The fourth-order valence-electron chi connectivity index (χ4n) is 4.11. The number of rotatable bonds is 2. The number of hydrogen-bond donors (Lipinski definition) is 1. The van der Waals surface area contributed by atoms with Crippen molar-refractivity contribution >= 4 is 11.9 Å². The first-order chi connectivity index (χ1) is 11.1. The fourth-order valence-corrected chi connectivity index (χ4v) is 4.11. The molecule has 1 atom stereocenters. The predicted octanol–water partition coefficient (Wildman–Crippen LogP) is 0.933. The van der Waals surface area contributed by atoms with Crippen LogP contribution in [-0.2, 0) is 9.53 Å². The molecule has 3 rings (SSSR count). The van der Waals surface area contributed by atoms with Crippen LogP contribution in [0.25, 0.3) is 0 Å². The molecule has 1 N–H and O–H groups in total. The van der Waals surface area contributed by atoms with Crippen molar-refractivity contribution in [1.29, 1.82) is 0 Å². The predicted molar refractivity (Wildman–Crippen MR) is 90.4 cm³/mol. The third-order valence-corrected chi connectivity index (χ3v) is 5.74. The van der Waals surface area contributed by atoms with Crippen LogP contribution in [0.2, 0.25) is 0 Å². The first-order valence-corrected chi connectivity index (χ1v) is 8.91. The van der Waals surface area contributed by atoms with Crippen LogP contribution >= 0.6 is 0 Å². The van der Waals surface area contributed by atoms with Crippen LogP contribution in [-0.4, -0.2) is 74.7 Å². The molecule has 3 heterocycles. The molecule has 23 heavy (non-hydrogen) atoms. The Morgan fingerprint density at radius 2 is 2.04 bits per heavy atom. The molecule has 130 valence electrons. The van der Waals surface area contributed by atoms with Crippen molar-refractivity contribution in [3.63, 3.8) is 0 Å². The summed E-state index contributed by atoms with van der Waals surface area (Å²) in [6.45, 7) is 8.36. The Kier molecular flexibility index (Phi) is 5.09. The van der Waals surface area contributed by atoms with E-state index >= 15 is 0 Å². The normalized spacial score (nSPS) is 29.6. The molecule has 0 bridgehead atoms. The Balaban J connectivity index is 1.45. The lowest BCUT2D eigenvalue weighted by molar-refractivity contribution is -0.130. The van der Waals surface area contributed by atoms with Gasteiger partial charge in [-0.05, 0) is 31.6 Å². The van der Waals surface area contributed by atoms with Crippen LogP contribution in [0.15, 0.2) is 4.99 Å². The lowest BCUT2D eigenvalue weighted by Crippen LogP contribution is -2.45. The average Bonchev–Trinajstić information content (AvgIpc) is 3.19. The average molecular weight is 322 g/mol. The van der Waals surface area contributed by atoms with Gasteiger partial charge in [0.2, 0.25) is 5.91 Å². The number of nitrogens with zero attached hydrogens (tertiary/aromatic N) is 3. The van der Waals surface area contributed by atoms with Crippen LogP contribution in [0.1, 0.15) is 32.6 Å². The Morgan fingerprint density at radius 1 is 1.26 bits per heavy atom. The minimum absolute atomic E-state index is 0.202. The second kappa shape index (κ2) is 7.07. The van der Waals surface area contributed by atoms with E-state index in [1.54, 1.807) is 6.92 Å². The van der Waals surface area contributed by atoms with Crippen LogP contribution in [0.4, 0.5) is 0 Å². The molecule has 3 fully saturated rings. The fraction of sp³-hybridized carbons (Fsp3) is 0.882. The molecular formula is C17H30N4O2. The van der Waals surface area contributed by atoms with Crippen molar-refractivity contribution in [2.24, 2.45) is 16.3 Å². The van der Waals surface area contributed by atoms with E-state index in [0.717, 1.165) is 64.7 Å². The number of guanidine groups is 1. The smallest absolute Gasteiger partial charge is 0.219 e. The van der Waals surface area contributed by atoms with Gasteiger partial charge in [-0.25, -0.2) is 0 Å². The summed E-state index contributed by atoms with van der Waals surface area (Å²) in [7, 11) is 1.87. The number of aliphatic imine (C=N–C) groups is 1. The summed E-state index contributed by atoms with van der Waals surface area (Å²) in [6, 6.07) is 0. The van der Waals surface area contributed by atoms with Gasteiger partial charge < -0.3 is 19.9 Å². The number of carbonyl (C=O) groups is 1. The number of carbonyl (C=O) groups excluding carboxylic acids is 1. The van der Waals surface area contributed by atoms with Crippen molar-refractivity contribution in [2.45, 2.75) is 32.6 Å². The highest BCUT2D eigenvalue weighted by Gasteiger charge is 2.42. The van der Waals surface area contributed by atoms with E-state index in [1.165, 1.54) is 12.8 Å². The van der Waals surface area contributed by atoms with Crippen LogP contribution < -0.4 is 5.32 Å². The van der Waals surface area contributed by atoms with E-state index in [4.69, 9.17) is 4.74 Å². The van der Waals surface area contributed by atoms with E-state index in [-0.39, 0.29) is 5.91 Å². The molecule has 6 nitrogen and oxygen atoms in total. The minimum atomic E-state index is 0.202. The van der Waals surface area contributed by atoms with E-state index in [2.05, 4.69) is 15.2 Å². The van der Waals surface area contributed by atoms with E-state index in [1.807, 2.05) is 11.9 Å². The lowest BCUT2D eigenvalue weighted by Gasteiger charge is -2.32. The minimum Gasteiger partial charge on any atom is -0.381 e. The van der Waals surface area contributed by atoms with Gasteiger partial charge >= 0.3 is 0 Å². The van der Waals surface area contributed by atoms with Gasteiger partial charge in [-0.1, -0.05) is 0 Å². The summed E-state index contributed by atoms with van der Waals surface area (Å²) in [5, 5.41) is 3.56. The van der Waals surface area contributed by atoms with Gasteiger partial charge in [0.05, 0.1) is 6.61 Å². The third kappa shape index (κ3) is 3.79. The molecule has 3 aliphatic heterocycles. The van der Waals surface area contributed by atoms with E-state index in [0.29, 0.717) is 11.3 Å². The van der Waals surface area contributed by atoms with Crippen LogP contribution in [0.3, 0.4) is 0 Å². The van der Waals surface area contributed by atoms with Gasteiger partial charge in [-0.15, -0.1) is 0 Å². The molecule has 1 spiro atoms. The van der Waals surface area contributed by atoms with Crippen LogP contribution in [0, 0.1) is 11.3 Å². The quantitative estimate of drug-likeness (QED) is 0.607. The summed E-state index contributed by atoms with van der Waals surface area (Å²) in [4.78, 5) is 20.2. The number of ether oxygens (including phenoxy) is 1. The molecule has 0 aromatic carbocycles. The summed E-state index contributed by atoms with van der Waals surface area (Å²) in [5.41, 5.74) is 0.366. The highest BCUT2D eigenvalue weighted by Crippen LogP contribution is 2.38. The Labute approximate surface area is 139 Å². The molecule has 3 saturated heterocycles. The zero-order valence-electron chi connectivity index (χ0n) is 14.5. The molecule has 0 saturated carbocycles. The molecule has 0 aromatic heterocycles. The zero-order valence-corrected chi connectivity index (χ0v) is 14.5. The molecule has 0 aromatic rings. The highest BCUT2D eigenvalue weighted by molar-refractivity contribution is 5.80. The van der Waals surface area contributed by atoms with Crippen LogP contribution in [0.5, 0.6) is 0 Å². The lowest BCUT2D eigenvalue weighted by atomic mass is 9.87. The SMILES string of the molecule is CN=C(NCC1CCN(C(C)=O)CC1)N1CCC2(CCOC2)C1. The number of amides is 1. The first-order valence-electron chi connectivity index (χ1n) is 8.91. The first kappa shape index (κ1) is 16.6. The summed E-state index contributed by atoms with van der Waals surface area (Å²) in [6.07, 6.45) is 4.57. The van der Waals surface area contributed by atoms with Crippen molar-refractivity contribution in [1.82, 2.24) is 15.1 Å². The second-order valence-electron chi connectivity index (χ2n) is 7.35. The highest BCUT2D eigenvalue weighted by atomic mass is 16.5. The van der Waals surface area contributed by atoms with Gasteiger partial charge in [-0.3, -0.25) is 9.79 Å². The van der Waals surface area contributed by atoms with E-state index in [9.17, 15) is 4.79 Å². The van der Waals surface area contributed by atoms with Gasteiger partial charge in [0.25, 0.3) is 0 Å². The molecular weight excluding hydrogens is 292 g/mol. The number of hydrogen-bond acceptors (Lipinski definition) is 3. The maximum atomic E-state index is 11.4. The van der Waals surface area contributed by atoms with Gasteiger partial charge in [0, 0.05) is 58.7 Å². The number of piperidine rings is 1. The maximum absolute atomic E-state index is 11.4. The van der Waals surface area contributed by atoms with Crippen molar-refractivity contribution in [3.05, 3.63) is 0 Å². The molecule has 3 aliphatic rings. The molecule has 0 aliphatic carbocycles. The molecule has 6 heteroatoms. The number of nitrogens with one attached hydrogen (secondary N) is 1. The maximum Gasteiger partial charge on any atom is 0.219 e. The van der Waals surface area contributed by atoms with Crippen molar-refractivity contribution < 1.29 is 9.53 Å². The Bertz CT molecular complexity index is 452. The van der Waals surface area contributed by atoms with Gasteiger partial charge in [0.15, 0.2) is 5.96 Å². The molecule has 0 radical (unpaired) electrons. The summed E-state index contributed by atoms with van der Waals surface area (Å²) in [5.74, 6) is 1.87. The second-order valence-corrected chi connectivity index (χ2v) is 7.35. The third-order valence-electron chi connectivity index (χ3n) is 5.74. The largest absolute Gasteiger partial charge is 0.381 e. The topological polar surface area (TPSA) is 57.2 Å². The Morgan fingerprint density at radius 3 is 2.65 bits per heavy atom. The summed E-state index contributed by atoms with van der Waals surface area (Å²) >= 11 is 0. The van der Waals surface area contributed by atoms with E-state index < -0.39 is 0 Å². The van der Waals surface area contributed by atoms with Crippen molar-refractivity contribution in [2.75, 3.05) is 53.0 Å². The standard InChI is InChI=1S/C17H30N4O2/c1-14(22)20-7-3-15(4-8-20)11-19-16(18-2)21-9-5-17(12-21)6-10-23-13-17/h15H,3-13H2,1-2H3,(H,18,19). The monoisotopic (exact) mass is 322 g/mol. The zero-order chi connectivity index (χ0) is 16.3. The number of likely N-dealkylation sites (tertiary alicyclic amines) is 2. The molecule has 1 amide bonds. The molecule has 1 unspecified atom stereocenters. The van der Waals surface area contributed by atoms with Gasteiger partial charge in [0.1, 0.15) is 0 Å². The summed E-state index contributed by atoms with van der Waals surface area (Å²) < 4.78 is 5.61. The Hall–Kier alpha value is -1.30. The van der Waals surface area contributed by atoms with Crippen molar-refractivity contribution in [3.8, 4) is 0 Å². The van der Waals surface area contributed by atoms with Gasteiger partial charge in [-0.2, -0.15) is 0 Å².